The van der Waals surface area contributed by atoms with Crippen molar-refractivity contribution in [2.45, 2.75) is 43.9 Å². The predicted octanol–water partition coefficient (Wildman–Crippen LogP) is 0.0860. The maximum atomic E-state index is 11.8. The van der Waals surface area contributed by atoms with Gasteiger partial charge in [-0.15, -0.1) is 0 Å². The summed E-state index contributed by atoms with van der Waals surface area (Å²) in [5, 5.41) is 10.4. The van der Waals surface area contributed by atoms with E-state index >= 15 is 0 Å². The van der Waals surface area contributed by atoms with Crippen molar-refractivity contribution in [3.05, 3.63) is 0 Å². The van der Waals surface area contributed by atoms with E-state index in [2.05, 4.69) is 0 Å². The largest absolute Gasteiger partial charge is 0.444 e. The van der Waals surface area contributed by atoms with Gasteiger partial charge in [0.2, 0.25) is 0 Å². The molecule has 1 amide bonds. The van der Waals surface area contributed by atoms with E-state index in [1.165, 1.54) is 4.90 Å². The quantitative estimate of drug-likeness (QED) is 0.696. The summed E-state index contributed by atoms with van der Waals surface area (Å²) >= 11 is 0. The lowest BCUT2D eigenvalue weighted by Crippen LogP contribution is -2.77. The zero-order valence-corrected chi connectivity index (χ0v) is 11.2. The van der Waals surface area contributed by atoms with E-state index in [0.717, 1.165) is 0 Å². The molecule has 2 fully saturated rings. The second-order valence-electron chi connectivity index (χ2n) is 6.33. The highest BCUT2D eigenvalue weighted by Crippen LogP contribution is 2.36. The van der Waals surface area contributed by atoms with Crippen LogP contribution in [0.25, 0.3) is 0 Å². The summed E-state index contributed by atoms with van der Waals surface area (Å²) in [4.78, 5) is 13.2. The van der Waals surface area contributed by atoms with Crippen molar-refractivity contribution < 1.29 is 19.4 Å². The van der Waals surface area contributed by atoms with E-state index in [4.69, 9.17) is 15.2 Å². The molecule has 2 saturated heterocycles. The first-order valence-corrected chi connectivity index (χ1v) is 6.22. The van der Waals surface area contributed by atoms with Crippen LogP contribution in [0.15, 0.2) is 0 Å². The van der Waals surface area contributed by atoms with Gasteiger partial charge in [-0.1, -0.05) is 0 Å². The molecular formula is C12H22N2O4. The van der Waals surface area contributed by atoms with E-state index in [0.29, 0.717) is 19.6 Å². The Bertz CT molecular complexity index is 338. The Kier molecular flexibility index (Phi) is 3.08. The van der Waals surface area contributed by atoms with E-state index in [9.17, 15) is 9.90 Å². The molecule has 0 aliphatic carbocycles. The summed E-state index contributed by atoms with van der Waals surface area (Å²) in [5.41, 5.74) is 3.81. The zero-order chi connectivity index (χ0) is 13.6. The fraction of sp³-hybridized carbons (Fsp3) is 0.917. The molecular weight excluding hydrogens is 236 g/mol. The van der Waals surface area contributed by atoms with Gasteiger partial charge in [0.05, 0.1) is 25.2 Å². The van der Waals surface area contributed by atoms with Crippen molar-refractivity contribution in [1.82, 2.24) is 4.90 Å². The summed E-state index contributed by atoms with van der Waals surface area (Å²) in [6, 6.07) is 0. The Labute approximate surface area is 107 Å². The molecule has 6 nitrogen and oxygen atoms in total. The highest BCUT2D eigenvalue weighted by molar-refractivity contribution is 5.70. The highest BCUT2D eigenvalue weighted by atomic mass is 16.6. The molecule has 0 radical (unpaired) electrons. The topological polar surface area (TPSA) is 85.0 Å². The number of nitrogens with zero attached hydrogens (tertiary/aromatic N) is 1. The molecule has 1 atom stereocenters. The zero-order valence-electron chi connectivity index (χ0n) is 11.2. The van der Waals surface area contributed by atoms with Gasteiger partial charge >= 0.3 is 6.09 Å². The van der Waals surface area contributed by atoms with Crippen LogP contribution in [0.2, 0.25) is 0 Å². The summed E-state index contributed by atoms with van der Waals surface area (Å²) in [6.45, 7) is 6.75. The van der Waals surface area contributed by atoms with Gasteiger partial charge in [-0.25, -0.2) is 4.79 Å². The van der Waals surface area contributed by atoms with Gasteiger partial charge in [-0.05, 0) is 27.2 Å². The maximum absolute atomic E-state index is 11.8. The number of nitrogens with two attached hydrogens (primary N) is 1. The second-order valence-corrected chi connectivity index (χ2v) is 6.33. The predicted molar refractivity (Wildman–Crippen MR) is 65.1 cm³/mol. The molecule has 2 aliphatic rings. The van der Waals surface area contributed by atoms with Crippen molar-refractivity contribution >= 4 is 6.09 Å². The Balaban J connectivity index is 1.91. The van der Waals surface area contributed by atoms with Gasteiger partial charge in [0.1, 0.15) is 11.2 Å². The number of hydrogen-bond acceptors (Lipinski definition) is 5. The van der Waals surface area contributed by atoms with Gasteiger partial charge in [-0.2, -0.15) is 0 Å². The van der Waals surface area contributed by atoms with Crippen LogP contribution in [0.4, 0.5) is 4.79 Å². The minimum atomic E-state index is -1.06. The molecule has 2 aliphatic heterocycles. The number of β-amino-alcohol motifs (C(OH)–C–C–N with tert-alkyl or cyclic N) is 1. The van der Waals surface area contributed by atoms with Crippen LogP contribution in [0, 0.1) is 0 Å². The first kappa shape index (κ1) is 13.6. The molecule has 6 heteroatoms. The molecule has 1 unspecified atom stereocenters. The first-order valence-electron chi connectivity index (χ1n) is 6.22. The number of ether oxygens (including phenoxy) is 2. The summed E-state index contributed by atoms with van der Waals surface area (Å²) in [6.07, 6.45) is 0.209. The molecule has 0 aromatic carbocycles. The lowest BCUT2D eigenvalue weighted by Gasteiger charge is -2.53. The number of carbonyl (C=O) groups excluding carboxylic acids is 1. The van der Waals surface area contributed by atoms with Crippen molar-refractivity contribution in [2.24, 2.45) is 5.73 Å². The number of carbonyl (C=O) groups is 1. The number of aliphatic hydroxyl groups is 1. The average Bonchev–Trinajstić information content (AvgIpc) is 2.58. The van der Waals surface area contributed by atoms with E-state index in [1.807, 2.05) is 20.8 Å². The summed E-state index contributed by atoms with van der Waals surface area (Å²) in [7, 11) is 0. The fourth-order valence-corrected chi connectivity index (χ4v) is 2.30. The third-order valence-corrected chi connectivity index (χ3v) is 3.54. The van der Waals surface area contributed by atoms with Crippen LogP contribution in [0.3, 0.4) is 0 Å². The first-order chi connectivity index (χ1) is 8.15. The SMILES string of the molecule is CC(C)(C)OC(=O)N1CC(O)(C2(N)CCOC2)C1. The third kappa shape index (κ3) is 2.32. The summed E-state index contributed by atoms with van der Waals surface area (Å²) in [5.74, 6) is 0. The van der Waals surface area contributed by atoms with Gasteiger partial charge in [0, 0.05) is 6.61 Å². The van der Waals surface area contributed by atoms with Crippen LogP contribution in [0.5, 0.6) is 0 Å². The average molecular weight is 258 g/mol. The van der Waals surface area contributed by atoms with Crippen LogP contribution < -0.4 is 5.73 Å². The molecule has 2 heterocycles. The number of amides is 1. The molecule has 3 N–H and O–H groups in total. The normalized spacial score (nSPS) is 31.1. The standard InChI is InChI=1S/C12H22N2O4/c1-10(2,3)18-9(15)14-6-12(16,7-14)11(13)4-5-17-8-11/h16H,4-8,13H2,1-3H3. The number of hydrogen-bond donors (Lipinski definition) is 2. The number of rotatable bonds is 1. The second kappa shape index (κ2) is 4.08. The molecule has 104 valence electrons. The molecule has 0 bridgehead atoms. The van der Waals surface area contributed by atoms with E-state index in [1.54, 1.807) is 0 Å². The molecule has 0 spiro atoms. The van der Waals surface area contributed by atoms with Crippen LogP contribution in [-0.4, -0.2) is 59.1 Å². The minimum Gasteiger partial charge on any atom is -0.444 e. The smallest absolute Gasteiger partial charge is 0.410 e. The molecule has 0 saturated carbocycles. The summed E-state index contributed by atoms with van der Waals surface area (Å²) < 4.78 is 10.5. The third-order valence-electron chi connectivity index (χ3n) is 3.54. The van der Waals surface area contributed by atoms with Crippen molar-refractivity contribution in [3.8, 4) is 0 Å². The van der Waals surface area contributed by atoms with Crippen LogP contribution >= 0.6 is 0 Å². The Morgan fingerprint density at radius 3 is 2.50 bits per heavy atom. The van der Waals surface area contributed by atoms with Crippen molar-refractivity contribution in [3.63, 3.8) is 0 Å². The maximum Gasteiger partial charge on any atom is 0.410 e. The van der Waals surface area contributed by atoms with E-state index < -0.39 is 22.8 Å². The molecule has 2 rings (SSSR count). The number of likely N-dealkylation sites (tertiary alicyclic amines) is 1. The Morgan fingerprint density at radius 1 is 1.44 bits per heavy atom. The van der Waals surface area contributed by atoms with E-state index in [-0.39, 0.29) is 13.1 Å². The lowest BCUT2D eigenvalue weighted by molar-refractivity contribution is -0.141. The van der Waals surface area contributed by atoms with Gasteiger partial charge in [0.15, 0.2) is 0 Å². The van der Waals surface area contributed by atoms with Crippen molar-refractivity contribution in [2.75, 3.05) is 26.3 Å². The molecule has 0 aromatic rings. The minimum absolute atomic E-state index is 0.210. The van der Waals surface area contributed by atoms with Gasteiger partial charge in [0.25, 0.3) is 0 Å². The monoisotopic (exact) mass is 258 g/mol. The molecule has 18 heavy (non-hydrogen) atoms. The van der Waals surface area contributed by atoms with Gasteiger partial charge < -0.3 is 25.2 Å². The Hall–Kier alpha value is -0.850. The highest BCUT2D eigenvalue weighted by Gasteiger charge is 2.58. The van der Waals surface area contributed by atoms with Crippen LogP contribution in [0.1, 0.15) is 27.2 Å². The fourth-order valence-electron chi connectivity index (χ4n) is 2.30. The van der Waals surface area contributed by atoms with Crippen molar-refractivity contribution in [1.29, 1.82) is 0 Å². The Morgan fingerprint density at radius 2 is 2.06 bits per heavy atom. The lowest BCUT2D eigenvalue weighted by atomic mass is 9.74. The van der Waals surface area contributed by atoms with Crippen LogP contribution in [-0.2, 0) is 9.47 Å². The molecule has 0 aromatic heterocycles. The van der Waals surface area contributed by atoms with Gasteiger partial charge in [-0.3, -0.25) is 0 Å².